The molecule has 0 saturated heterocycles. The molecule has 4 heteroatoms. The summed E-state index contributed by atoms with van der Waals surface area (Å²) in [5.74, 6) is -0.616. The van der Waals surface area contributed by atoms with Crippen molar-refractivity contribution in [3.8, 4) is 0 Å². The van der Waals surface area contributed by atoms with Gasteiger partial charge in [-0.05, 0) is 13.8 Å². The number of rotatable bonds is 2. The molecule has 1 rings (SSSR count). The van der Waals surface area contributed by atoms with Gasteiger partial charge >= 0.3 is 5.97 Å². The highest BCUT2D eigenvalue weighted by Crippen LogP contribution is 2.22. The number of allylic oxidation sites excluding steroid dienone is 1. The molecule has 0 aromatic carbocycles. The van der Waals surface area contributed by atoms with Crippen molar-refractivity contribution in [2.45, 2.75) is 25.9 Å². The number of ketones is 1. The molecule has 72 valence electrons. The van der Waals surface area contributed by atoms with Gasteiger partial charge in [-0.3, -0.25) is 4.79 Å². The maximum absolute atomic E-state index is 11.3. The molecule has 1 heterocycles. The van der Waals surface area contributed by atoms with Crippen molar-refractivity contribution in [3.05, 3.63) is 12.3 Å². The Morgan fingerprint density at radius 1 is 1.77 bits per heavy atom. The Labute approximate surface area is 76.5 Å². The first-order valence-electron chi connectivity index (χ1n) is 4.13. The molecule has 4 nitrogen and oxygen atoms in total. The van der Waals surface area contributed by atoms with Crippen LogP contribution < -0.4 is 0 Å². The lowest BCUT2D eigenvalue weighted by Gasteiger charge is -2.27. The summed E-state index contributed by atoms with van der Waals surface area (Å²) in [5.41, 5.74) is -1.14. The maximum Gasteiger partial charge on any atom is 0.350 e. The van der Waals surface area contributed by atoms with Gasteiger partial charge in [0.05, 0.1) is 19.3 Å². The number of ether oxygens (including phenoxy) is 2. The molecule has 0 spiro atoms. The van der Waals surface area contributed by atoms with Crippen molar-refractivity contribution < 1.29 is 19.1 Å². The summed E-state index contributed by atoms with van der Waals surface area (Å²) in [6, 6.07) is 0. The molecule has 0 saturated carbocycles. The molecule has 0 bridgehead atoms. The summed E-state index contributed by atoms with van der Waals surface area (Å²) in [6.45, 7) is 3.55. The van der Waals surface area contributed by atoms with Crippen LogP contribution in [-0.2, 0) is 19.1 Å². The van der Waals surface area contributed by atoms with E-state index in [1.807, 2.05) is 0 Å². The molecule has 0 aromatic rings. The molecular weight excluding hydrogens is 172 g/mol. The first-order valence-corrected chi connectivity index (χ1v) is 4.13. The summed E-state index contributed by atoms with van der Waals surface area (Å²) in [7, 11) is 0. The van der Waals surface area contributed by atoms with E-state index in [0.717, 1.165) is 0 Å². The van der Waals surface area contributed by atoms with Crippen molar-refractivity contribution >= 4 is 11.8 Å². The smallest absolute Gasteiger partial charge is 0.350 e. The van der Waals surface area contributed by atoms with E-state index in [1.54, 1.807) is 13.8 Å². The van der Waals surface area contributed by atoms with Crippen LogP contribution in [0.4, 0.5) is 0 Å². The highest BCUT2D eigenvalue weighted by molar-refractivity contribution is 5.96. The topological polar surface area (TPSA) is 52.6 Å². The Bertz CT molecular complexity index is 256. The van der Waals surface area contributed by atoms with E-state index in [2.05, 4.69) is 0 Å². The van der Waals surface area contributed by atoms with Gasteiger partial charge < -0.3 is 9.47 Å². The van der Waals surface area contributed by atoms with Gasteiger partial charge in [0.1, 0.15) is 0 Å². The van der Waals surface area contributed by atoms with Gasteiger partial charge in [0.25, 0.3) is 0 Å². The van der Waals surface area contributed by atoms with Crippen LogP contribution in [-0.4, -0.2) is 24.0 Å². The SMILES string of the molecule is CCOC(=O)[C@@]1(C)CC(=O)C=CO1. The summed E-state index contributed by atoms with van der Waals surface area (Å²) < 4.78 is 9.86. The van der Waals surface area contributed by atoms with Gasteiger partial charge in [-0.15, -0.1) is 0 Å². The fraction of sp³-hybridized carbons (Fsp3) is 0.556. The summed E-state index contributed by atoms with van der Waals surface area (Å²) in [6.07, 6.45) is 2.59. The Morgan fingerprint density at radius 3 is 3.00 bits per heavy atom. The number of hydrogen-bond donors (Lipinski definition) is 0. The highest BCUT2D eigenvalue weighted by atomic mass is 16.6. The molecule has 0 fully saturated rings. The van der Waals surface area contributed by atoms with Gasteiger partial charge in [-0.1, -0.05) is 0 Å². The largest absolute Gasteiger partial charge is 0.483 e. The average Bonchev–Trinajstić information content (AvgIpc) is 2.04. The fourth-order valence-corrected chi connectivity index (χ4v) is 1.10. The Morgan fingerprint density at radius 2 is 2.46 bits per heavy atom. The van der Waals surface area contributed by atoms with Gasteiger partial charge in [0.2, 0.25) is 5.60 Å². The number of carbonyl (C=O) groups excluding carboxylic acids is 2. The van der Waals surface area contributed by atoms with Crippen molar-refractivity contribution in [2.24, 2.45) is 0 Å². The van der Waals surface area contributed by atoms with E-state index < -0.39 is 11.6 Å². The number of esters is 1. The molecule has 0 N–H and O–H groups in total. The minimum absolute atomic E-state index is 0.0440. The average molecular weight is 184 g/mol. The second-order valence-electron chi connectivity index (χ2n) is 3.02. The third kappa shape index (κ3) is 2.08. The third-order valence-electron chi connectivity index (χ3n) is 1.80. The van der Waals surface area contributed by atoms with Crippen molar-refractivity contribution in [1.82, 2.24) is 0 Å². The van der Waals surface area contributed by atoms with Crippen molar-refractivity contribution in [3.63, 3.8) is 0 Å². The monoisotopic (exact) mass is 184 g/mol. The predicted octanol–water partition coefficient (Wildman–Crippen LogP) is 0.811. The molecular formula is C9H12O4. The predicted molar refractivity (Wildman–Crippen MR) is 44.9 cm³/mol. The zero-order chi connectivity index (χ0) is 9.90. The highest BCUT2D eigenvalue weighted by Gasteiger charge is 2.39. The number of carbonyl (C=O) groups is 2. The molecule has 13 heavy (non-hydrogen) atoms. The van der Waals surface area contributed by atoms with E-state index in [1.165, 1.54) is 12.3 Å². The second-order valence-corrected chi connectivity index (χ2v) is 3.02. The fourth-order valence-electron chi connectivity index (χ4n) is 1.10. The molecule has 0 unspecified atom stereocenters. The second kappa shape index (κ2) is 3.60. The lowest BCUT2D eigenvalue weighted by atomic mass is 9.97. The van der Waals surface area contributed by atoms with E-state index in [0.29, 0.717) is 0 Å². The molecule has 0 aliphatic carbocycles. The van der Waals surface area contributed by atoms with Crippen LogP contribution in [0.25, 0.3) is 0 Å². The summed E-state index contributed by atoms with van der Waals surface area (Å²) in [5, 5.41) is 0. The van der Waals surface area contributed by atoms with Crippen LogP contribution in [0.2, 0.25) is 0 Å². The standard InChI is InChI=1S/C9H12O4/c1-3-12-8(11)9(2)6-7(10)4-5-13-9/h4-5H,3,6H2,1-2H3/t9-/m1/s1. The van der Waals surface area contributed by atoms with Crippen molar-refractivity contribution in [1.29, 1.82) is 0 Å². The quantitative estimate of drug-likeness (QED) is 0.596. The lowest BCUT2D eigenvalue weighted by molar-refractivity contribution is -0.166. The van der Waals surface area contributed by atoms with Crippen LogP contribution in [0.1, 0.15) is 20.3 Å². The molecule has 0 radical (unpaired) electrons. The van der Waals surface area contributed by atoms with E-state index in [-0.39, 0.29) is 18.8 Å². The van der Waals surface area contributed by atoms with Gasteiger partial charge in [-0.2, -0.15) is 0 Å². The van der Waals surface area contributed by atoms with Gasteiger partial charge in [-0.25, -0.2) is 4.79 Å². The normalized spacial score (nSPS) is 26.8. The Kier molecular flexibility index (Phi) is 2.70. The van der Waals surface area contributed by atoms with Crippen LogP contribution >= 0.6 is 0 Å². The molecule has 1 aliphatic heterocycles. The van der Waals surface area contributed by atoms with Gasteiger partial charge in [0.15, 0.2) is 5.78 Å². The van der Waals surface area contributed by atoms with Crippen LogP contribution in [0.5, 0.6) is 0 Å². The molecule has 0 aromatic heterocycles. The maximum atomic E-state index is 11.3. The lowest BCUT2D eigenvalue weighted by Crippen LogP contribution is -2.42. The van der Waals surface area contributed by atoms with E-state index in [4.69, 9.17) is 9.47 Å². The first-order chi connectivity index (χ1) is 6.08. The van der Waals surface area contributed by atoms with Crippen LogP contribution in [0.15, 0.2) is 12.3 Å². The van der Waals surface area contributed by atoms with E-state index in [9.17, 15) is 9.59 Å². The summed E-state index contributed by atoms with van der Waals surface area (Å²) in [4.78, 5) is 22.3. The van der Waals surface area contributed by atoms with Crippen LogP contribution in [0.3, 0.4) is 0 Å². The summed E-state index contributed by atoms with van der Waals surface area (Å²) >= 11 is 0. The molecule has 0 amide bonds. The number of hydrogen-bond acceptors (Lipinski definition) is 4. The van der Waals surface area contributed by atoms with Crippen LogP contribution in [0, 0.1) is 0 Å². The third-order valence-corrected chi connectivity index (χ3v) is 1.80. The van der Waals surface area contributed by atoms with Crippen molar-refractivity contribution in [2.75, 3.05) is 6.61 Å². The minimum atomic E-state index is -1.14. The Balaban J connectivity index is 2.71. The zero-order valence-electron chi connectivity index (χ0n) is 7.70. The molecule has 1 aliphatic rings. The molecule has 1 atom stereocenters. The first kappa shape index (κ1) is 9.77. The van der Waals surface area contributed by atoms with Gasteiger partial charge in [0, 0.05) is 6.08 Å². The Hall–Kier alpha value is -1.32. The minimum Gasteiger partial charge on any atom is -0.483 e. The van der Waals surface area contributed by atoms with E-state index >= 15 is 0 Å². The zero-order valence-corrected chi connectivity index (χ0v) is 7.70.